The van der Waals surface area contributed by atoms with Gasteiger partial charge in [-0.3, -0.25) is 9.59 Å². The van der Waals surface area contributed by atoms with Gasteiger partial charge in [0, 0.05) is 73.7 Å². The molecule has 2 saturated carbocycles. The topological polar surface area (TPSA) is 217 Å². The average molecular weight is 1180 g/mol. The maximum Gasteiger partial charge on any atom is 0.173 e. The predicted octanol–water partition coefficient (Wildman–Crippen LogP) is 11.8. The molecule has 1 aromatic heterocycles. The standard InChI is InChI=1S/C74H88N4O9/c1-5-9-61-54-30-47(27-46-24-25-76-71(32-46)78-56-21-18-48-14-17-53(72(84)66(48)37-56)34-59(80)42-75-40-44(3)55-33-57(77-41-55)38-68(61)82)29-51-19-22-63(64-39-69(83)70(87-4)36-52(64)20-23-67(81)74(86)73(85)65(51)35-54)62-13-7-6-12-60(62)50-16-15-49(43(2)26-50)28-45-10-8-11-58(79)31-45/h6-8,10-14,17-18,21,24,31-33,36-37,39,41,43-44,47,49-51,54,59,61,63,65,68,74-80,82-84,86H,5,9,15-16,20,23,25-30,34-35,38,40,42H2,1-4H3/t43-,44+,47+,49+,50-,51+,54+,59+,61-,63-,65+,68-,74+/m1/s1. The SMILES string of the molecule is CCC[C@@H]1[C@H]2C[C@@H](CC3=CCNC(=C3)Nc3ccc4ccc(c(O)c4c3)C[C@H](O)CNC[C@H](C)c3c[nH]c(c3)C[C@H]1O)C[C@@H]1C#C[C@H](c3ccccc3[C@@H]3CC[C@@H](Cc4cccc(O)c4)[C@H](C)C3)c3cc(O)c(OC)cc3CCC(=O)[C@H](O)C(=O)[C@H]1C2. The number of aromatic nitrogens is 1. The van der Waals surface area contributed by atoms with E-state index in [1.165, 1.54) is 12.7 Å². The van der Waals surface area contributed by atoms with Crippen LogP contribution < -0.4 is 20.7 Å². The van der Waals surface area contributed by atoms with Gasteiger partial charge in [-0.05, 0) is 204 Å². The van der Waals surface area contributed by atoms with Crippen molar-refractivity contribution < 1.29 is 45.0 Å². The molecule has 13 heteroatoms. The second-order valence-electron chi connectivity index (χ2n) is 26.2. The number of nitrogens with one attached hydrogen (secondary N) is 4. The van der Waals surface area contributed by atoms with Crippen LogP contribution in [0.1, 0.15) is 147 Å². The first-order valence-electron chi connectivity index (χ1n) is 32.0. The zero-order chi connectivity index (χ0) is 60.9. The van der Waals surface area contributed by atoms with Crippen LogP contribution in [0.15, 0.2) is 127 Å². The number of anilines is 1. The average Bonchev–Trinajstić information content (AvgIpc) is 3.77. The molecule has 9 bridgehead atoms. The summed E-state index contributed by atoms with van der Waals surface area (Å²) in [5, 5.41) is 81.6. The molecule has 87 heavy (non-hydrogen) atoms. The Labute approximate surface area is 512 Å². The lowest BCUT2D eigenvalue weighted by Gasteiger charge is -2.36. The van der Waals surface area contributed by atoms with Crippen LogP contribution in [0.3, 0.4) is 0 Å². The summed E-state index contributed by atoms with van der Waals surface area (Å²) in [5.74, 6) is 6.71. The number of β-amino-alcohol motifs (C(OH)–C–C–N with tert-alkyl or cyclic N) is 1. The van der Waals surface area contributed by atoms with E-state index in [1.54, 1.807) is 18.2 Å². The number of phenolic OH excluding ortho intramolecular Hbond substituents is 3. The number of carbonyl (C=O) groups excluding carboxylic acids is 2. The second-order valence-corrected chi connectivity index (χ2v) is 26.2. The van der Waals surface area contributed by atoms with E-state index in [0.717, 1.165) is 88.1 Å². The summed E-state index contributed by atoms with van der Waals surface area (Å²) < 4.78 is 5.68. The van der Waals surface area contributed by atoms with E-state index in [2.05, 4.69) is 102 Å². The third-order valence-corrected chi connectivity index (χ3v) is 20.2. The van der Waals surface area contributed by atoms with E-state index in [9.17, 15) is 35.4 Å². The number of aliphatic hydroxyl groups excluding tert-OH is 3. The van der Waals surface area contributed by atoms with Crippen molar-refractivity contribution >= 4 is 28.0 Å². The Morgan fingerprint density at radius 2 is 1.60 bits per heavy atom. The quantitative estimate of drug-likeness (QED) is 0.0534. The summed E-state index contributed by atoms with van der Waals surface area (Å²) in [5.41, 5.74) is 9.36. The lowest BCUT2D eigenvalue weighted by Crippen LogP contribution is -2.40. The maximum atomic E-state index is 15.4. The molecule has 2 fully saturated rings. The van der Waals surface area contributed by atoms with Crippen molar-refractivity contribution in [2.75, 3.05) is 32.1 Å². The molecular weight excluding hydrogens is 1090 g/mol. The zero-order valence-electron chi connectivity index (χ0n) is 50.9. The summed E-state index contributed by atoms with van der Waals surface area (Å²) in [4.78, 5) is 33.3. The number of benzene rings is 5. The first-order valence-corrected chi connectivity index (χ1v) is 32.0. The smallest absolute Gasteiger partial charge is 0.173 e. The molecule has 2 aliphatic heterocycles. The molecule has 3 aliphatic carbocycles. The van der Waals surface area contributed by atoms with E-state index >= 15 is 4.79 Å². The van der Waals surface area contributed by atoms with E-state index < -0.39 is 47.6 Å². The molecule has 11 rings (SSSR count). The predicted molar refractivity (Wildman–Crippen MR) is 342 cm³/mol. The van der Waals surface area contributed by atoms with Crippen LogP contribution in [0.25, 0.3) is 10.8 Å². The van der Waals surface area contributed by atoms with Gasteiger partial charge >= 0.3 is 0 Å². The third kappa shape index (κ3) is 14.2. The van der Waals surface area contributed by atoms with Gasteiger partial charge in [-0.25, -0.2) is 0 Å². The minimum absolute atomic E-state index is 0.0320. The van der Waals surface area contributed by atoms with Crippen molar-refractivity contribution in [1.82, 2.24) is 15.6 Å². The molecule has 0 unspecified atom stereocenters. The molecular formula is C74H88N4O9. The molecule has 0 radical (unpaired) electrons. The van der Waals surface area contributed by atoms with Crippen molar-refractivity contribution in [3.8, 4) is 34.8 Å². The number of hydrogen-bond acceptors (Lipinski definition) is 12. The number of ketones is 2. The van der Waals surface area contributed by atoms with Gasteiger partial charge in [-0.2, -0.15) is 0 Å². The van der Waals surface area contributed by atoms with Gasteiger partial charge < -0.3 is 56.3 Å². The van der Waals surface area contributed by atoms with E-state index in [1.807, 2.05) is 48.7 Å². The van der Waals surface area contributed by atoms with Crippen LogP contribution in [0.2, 0.25) is 0 Å². The van der Waals surface area contributed by atoms with Gasteiger partial charge in [0.05, 0.1) is 25.2 Å². The van der Waals surface area contributed by atoms with Crippen LogP contribution in [0.4, 0.5) is 5.69 Å². The number of aryl methyl sites for hydroxylation is 1. The zero-order valence-corrected chi connectivity index (χ0v) is 50.9. The van der Waals surface area contributed by atoms with Crippen molar-refractivity contribution in [2.45, 2.75) is 147 Å². The number of rotatable bonds is 7. The number of carbonyl (C=O) groups is 2. The number of phenols is 3. The summed E-state index contributed by atoms with van der Waals surface area (Å²) in [6, 6.07) is 31.5. The Morgan fingerprint density at radius 3 is 2.40 bits per heavy atom. The van der Waals surface area contributed by atoms with Crippen molar-refractivity contribution in [3.05, 3.63) is 171 Å². The molecule has 0 saturated heterocycles. The van der Waals surface area contributed by atoms with Gasteiger partial charge in [0.2, 0.25) is 0 Å². The number of methoxy groups -OCH3 is 1. The van der Waals surface area contributed by atoms with E-state index in [0.29, 0.717) is 80.9 Å². The van der Waals surface area contributed by atoms with Crippen molar-refractivity contribution in [2.24, 2.45) is 41.4 Å². The fourth-order valence-electron chi connectivity index (χ4n) is 15.5. The Bertz CT molecular complexity index is 3570. The van der Waals surface area contributed by atoms with Crippen LogP contribution in [0, 0.1) is 53.3 Å². The Kier molecular flexibility index (Phi) is 19.3. The monoisotopic (exact) mass is 1180 g/mol. The van der Waals surface area contributed by atoms with Crippen LogP contribution in [-0.4, -0.2) is 92.2 Å². The Hall–Kier alpha value is -7.34. The second kappa shape index (κ2) is 27.4. The van der Waals surface area contributed by atoms with Gasteiger partial charge in [-0.15, -0.1) is 0 Å². The summed E-state index contributed by atoms with van der Waals surface area (Å²) in [7, 11) is 1.50. The molecule has 3 heterocycles. The normalized spacial score (nSPS) is 28.5. The molecule has 5 aromatic carbocycles. The van der Waals surface area contributed by atoms with Crippen LogP contribution >= 0.6 is 0 Å². The number of hydrogen-bond donors (Lipinski definition) is 10. The van der Waals surface area contributed by atoms with Gasteiger partial charge in [0.15, 0.2) is 29.2 Å². The lowest BCUT2D eigenvalue weighted by atomic mass is 9.69. The van der Waals surface area contributed by atoms with E-state index in [-0.39, 0.29) is 71.9 Å². The van der Waals surface area contributed by atoms with E-state index in [4.69, 9.17) is 4.74 Å². The van der Waals surface area contributed by atoms with Crippen LogP contribution in [0.5, 0.6) is 23.0 Å². The van der Waals surface area contributed by atoms with Crippen molar-refractivity contribution in [3.63, 3.8) is 0 Å². The fraction of sp³-hybridized carbons (Fsp3) is 0.459. The summed E-state index contributed by atoms with van der Waals surface area (Å²) in [6.45, 7) is 8.10. The molecule has 458 valence electrons. The molecule has 13 atom stereocenters. The molecule has 10 N–H and O–H groups in total. The molecule has 0 amide bonds. The van der Waals surface area contributed by atoms with Crippen LogP contribution in [-0.2, 0) is 35.3 Å². The van der Waals surface area contributed by atoms with Crippen molar-refractivity contribution in [1.29, 1.82) is 0 Å². The minimum Gasteiger partial charge on any atom is -0.508 e. The molecule has 5 aliphatic rings. The highest BCUT2D eigenvalue weighted by atomic mass is 16.5. The third-order valence-electron chi connectivity index (χ3n) is 20.2. The number of ether oxygens (including phenoxy) is 1. The highest BCUT2D eigenvalue weighted by Gasteiger charge is 2.44. The summed E-state index contributed by atoms with van der Waals surface area (Å²) in [6.07, 6.45) is 11.2. The van der Waals surface area contributed by atoms with Gasteiger partial charge in [0.25, 0.3) is 0 Å². The summed E-state index contributed by atoms with van der Waals surface area (Å²) >= 11 is 0. The first-order chi connectivity index (χ1) is 42.1. The number of fused-ring (bicyclic) bond motifs is 9. The lowest BCUT2D eigenvalue weighted by molar-refractivity contribution is -0.142. The van der Waals surface area contributed by atoms with Gasteiger partial charge in [-0.1, -0.05) is 99.7 Å². The largest absolute Gasteiger partial charge is 0.508 e. The molecule has 13 nitrogen and oxygen atoms in total. The maximum absolute atomic E-state index is 15.4. The molecule has 6 aromatic rings. The Morgan fingerprint density at radius 1 is 0.770 bits per heavy atom. The highest BCUT2D eigenvalue weighted by molar-refractivity contribution is 6.06. The highest BCUT2D eigenvalue weighted by Crippen LogP contribution is 2.48. The number of aromatic hydroxyl groups is 3. The number of aromatic amines is 1. The fourth-order valence-corrected chi connectivity index (χ4v) is 15.5. The van der Waals surface area contributed by atoms with Gasteiger partial charge in [0.1, 0.15) is 17.3 Å². The number of Topliss-reactive ketones (excluding diaryl/α,β-unsaturated/α-hetero) is 2. The minimum atomic E-state index is -1.87. The number of dihydropyridines is 1. The number of aliphatic hydroxyl groups is 3. The molecule has 0 spiro atoms. The Balaban J connectivity index is 0.999. The number of H-pyrrole nitrogens is 1. The number of allylic oxidation sites excluding steroid dienone is 2. The first kappa shape index (κ1) is 61.3.